The van der Waals surface area contributed by atoms with Crippen molar-refractivity contribution in [2.45, 2.75) is 13.0 Å². The van der Waals surface area contributed by atoms with Gasteiger partial charge in [-0.1, -0.05) is 0 Å². The van der Waals surface area contributed by atoms with Crippen molar-refractivity contribution in [1.82, 2.24) is 9.55 Å². The predicted octanol–water partition coefficient (Wildman–Crippen LogP) is 0.166. The van der Waals surface area contributed by atoms with Crippen LogP contribution in [0.5, 0.6) is 5.88 Å². The minimum Gasteiger partial charge on any atom is -0.481 e. The molecule has 0 fully saturated rings. The van der Waals surface area contributed by atoms with Gasteiger partial charge in [0.2, 0.25) is 5.88 Å². The van der Waals surface area contributed by atoms with Crippen LogP contribution >= 0.6 is 0 Å². The van der Waals surface area contributed by atoms with Gasteiger partial charge in [-0.15, -0.1) is 0 Å². The van der Waals surface area contributed by atoms with E-state index in [4.69, 9.17) is 10.00 Å². The summed E-state index contributed by atoms with van der Waals surface area (Å²) < 4.78 is 6.13. The second-order valence-electron chi connectivity index (χ2n) is 2.35. The van der Waals surface area contributed by atoms with Crippen molar-refractivity contribution in [3.05, 3.63) is 22.7 Å². The van der Waals surface area contributed by atoms with E-state index < -0.39 is 5.69 Å². The van der Waals surface area contributed by atoms with Crippen molar-refractivity contribution in [3.63, 3.8) is 0 Å². The molecule has 1 aromatic rings. The summed E-state index contributed by atoms with van der Waals surface area (Å²) >= 11 is 0. The van der Waals surface area contributed by atoms with E-state index in [1.165, 1.54) is 11.7 Å². The van der Waals surface area contributed by atoms with Gasteiger partial charge in [0, 0.05) is 18.8 Å². The van der Waals surface area contributed by atoms with Gasteiger partial charge in [-0.2, -0.15) is 10.2 Å². The zero-order chi connectivity index (χ0) is 9.68. The number of aromatic nitrogens is 2. The molecule has 0 aliphatic heterocycles. The van der Waals surface area contributed by atoms with E-state index in [9.17, 15) is 4.79 Å². The van der Waals surface area contributed by atoms with E-state index in [-0.39, 0.29) is 0 Å². The molecule has 1 aromatic heterocycles. The van der Waals surface area contributed by atoms with Gasteiger partial charge < -0.3 is 4.74 Å². The fraction of sp³-hybridized carbons (Fsp3) is 0.375. The second-order valence-corrected chi connectivity index (χ2v) is 2.35. The van der Waals surface area contributed by atoms with Crippen LogP contribution in [0.2, 0.25) is 0 Å². The largest absolute Gasteiger partial charge is 0.481 e. The maximum Gasteiger partial charge on any atom is 0.350 e. The fourth-order valence-electron chi connectivity index (χ4n) is 0.868. The third kappa shape index (κ3) is 2.30. The maximum absolute atomic E-state index is 11.2. The lowest BCUT2D eigenvalue weighted by Crippen LogP contribution is -2.22. The van der Waals surface area contributed by atoms with Crippen LogP contribution in [0, 0.1) is 11.3 Å². The van der Waals surface area contributed by atoms with Gasteiger partial charge >= 0.3 is 5.69 Å². The molecular weight excluding hydrogens is 170 g/mol. The summed E-state index contributed by atoms with van der Waals surface area (Å²) in [5.74, 6) is 0.290. The summed E-state index contributed by atoms with van der Waals surface area (Å²) in [5.41, 5.74) is -0.394. The van der Waals surface area contributed by atoms with Crippen LogP contribution in [0.1, 0.15) is 6.42 Å². The van der Waals surface area contributed by atoms with Crippen molar-refractivity contribution < 1.29 is 4.74 Å². The van der Waals surface area contributed by atoms with Crippen LogP contribution < -0.4 is 10.4 Å². The Kier molecular flexibility index (Phi) is 3.03. The third-order valence-electron chi connectivity index (χ3n) is 1.52. The monoisotopic (exact) mass is 179 g/mol. The Morgan fingerprint density at radius 2 is 2.54 bits per heavy atom. The van der Waals surface area contributed by atoms with Crippen molar-refractivity contribution in [1.29, 1.82) is 5.26 Å². The van der Waals surface area contributed by atoms with Crippen LogP contribution in [-0.2, 0) is 6.54 Å². The van der Waals surface area contributed by atoms with Crippen LogP contribution in [0.3, 0.4) is 0 Å². The van der Waals surface area contributed by atoms with Crippen LogP contribution in [-0.4, -0.2) is 16.7 Å². The van der Waals surface area contributed by atoms with Crippen LogP contribution in [0.15, 0.2) is 17.1 Å². The first-order valence-corrected chi connectivity index (χ1v) is 3.76. The summed E-state index contributed by atoms with van der Waals surface area (Å²) in [6.45, 7) is 0.367. The molecule has 0 unspecified atom stereocenters. The molecular formula is C8H9N3O2. The Labute approximate surface area is 75.2 Å². The van der Waals surface area contributed by atoms with Crippen molar-refractivity contribution >= 4 is 0 Å². The Morgan fingerprint density at radius 1 is 1.77 bits per heavy atom. The minimum absolute atomic E-state index is 0.290. The Morgan fingerprint density at radius 3 is 3.08 bits per heavy atom. The molecule has 0 amide bonds. The predicted molar refractivity (Wildman–Crippen MR) is 45.3 cm³/mol. The zero-order valence-electron chi connectivity index (χ0n) is 7.23. The molecule has 68 valence electrons. The van der Waals surface area contributed by atoms with E-state index >= 15 is 0 Å². The quantitative estimate of drug-likeness (QED) is 0.663. The molecule has 0 aliphatic rings. The molecule has 0 N–H and O–H groups in total. The van der Waals surface area contributed by atoms with Crippen molar-refractivity contribution in [3.8, 4) is 11.9 Å². The van der Waals surface area contributed by atoms with E-state index in [0.717, 1.165) is 0 Å². The molecule has 0 saturated heterocycles. The number of methoxy groups -OCH3 is 1. The SMILES string of the molecule is COc1ccn(CCC#N)c(=O)n1. The smallest absolute Gasteiger partial charge is 0.350 e. The van der Waals surface area contributed by atoms with Crippen molar-refractivity contribution in [2.24, 2.45) is 0 Å². The average molecular weight is 179 g/mol. The Balaban J connectivity index is 2.87. The third-order valence-corrected chi connectivity index (χ3v) is 1.52. The molecule has 0 saturated carbocycles. The molecule has 0 radical (unpaired) electrons. The van der Waals surface area contributed by atoms with E-state index in [1.807, 2.05) is 6.07 Å². The molecule has 13 heavy (non-hydrogen) atoms. The van der Waals surface area contributed by atoms with Gasteiger partial charge in [0.15, 0.2) is 0 Å². The summed E-state index contributed by atoms with van der Waals surface area (Å²) in [6.07, 6.45) is 1.86. The topological polar surface area (TPSA) is 67.9 Å². The number of hydrogen-bond donors (Lipinski definition) is 0. The number of ether oxygens (including phenoxy) is 1. The number of nitriles is 1. The number of aryl methyl sites for hydroxylation is 1. The normalized spacial score (nSPS) is 9.23. The first kappa shape index (κ1) is 9.26. The van der Waals surface area contributed by atoms with Gasteiger partial charge in [0.25, 0.3) is 0 Å². The van der Waals surface area contributed by atoms with Gasteiger partial charge in [-0.05, 0) is 0 Å². The fourth-order valence-corrected chi connectivity index (χ4v) is 0.868. The molecule has 0 spiro atoms. The Hall–Kier alpha value is -1.83. The molecule has 5 heteroatoms. The highest BCUT2D eigenvalue weighted by molar-refractivity contribution is 5.05. The van der Waals surface area contributed by atoms with Gasteiger partial charge in [0.05, 0.1) is 19.6 Å². The molecule has 1 heterocycles. The van der Waals surface area contributed by atoms with Gasteiger partial charge in [-0.25, -0.2) is 4.79 Å². The molecule has 0 atom stereocenters. The zero-order valence-corrected chi connectivity index (χ0v) is 7.23. The highest BCUT2D eigenvalue weighted by atomic mass is 16.5. The number of nitrogens with zero attached hydrogens (tertiary/aromatic N) is 3. The van der Waals surface area contributed by atoms with Crippen LogP contribution in [0.4, 0.5) is 0 Å². The van der Waals surface area contributed by atoms with Crippen LogP contribution in [0.25, 0.3) is 0 Å². The maximum atomic E-state index is 11.2. The highest BCUT2D eigenvalue weighted by Gasteiger charge is 1.98. The standard InChI is InChI=1S/C8H9N3O2/c1-13-7-3-6-11(5-2-4-9)8(12)10-7/h3,6H,2,5H2,1H3. The second kappa shape index (κ2) is 4.26. The summed E-state index contributed by atoms with van der Waals surface area (Å²) in [6, 6.07) is 3.54. The number of hydrogen-bond acceptors (Lipinski definition) is 4. The lowest BCUT2D eigenvalue weighted by molar-refractivity contribution is 0.392. The van der Waals surface area contributed by atoms with Gasteiger partial charge in [-0.3, -0.25) is 4.57 Å². The van der Waals surface area contributed by atoms with Crippen molar-refractivity contribution in [2.75, 3.05) is 7.11 Å². The molecule has 5 nitrogen and oxygen atoms in total. The highest BCUT2D eigenvalue weighted by Crippen LogP contribution is 1.98. The molecule has 0 aliphatic carbocycles. The minimum atomic E-state index is -0.394. The Bertz CT molecular complexity index is 378. The van der Waals surface area contributed by atoms with Gasteiger partial charge in [0.1, 0.15) is 0 Å². The average Bonchev–Trinajstić information content (AvgIpc) is 2.16. The summed E-state index contributed by atoms with van der Waals surface area (Å²) in [7, 11) is 1.45. The molecule has 0 aromatic carbocycles. The summed E-state index contributed by atoms with van der Waals surface area (Å²) in [5, 5.41) is 8.31. The first-order valence-electron chi connectivity index (χ1n) is 3.76. The lowest BCUT2D eigenvalue weighted by Gasteiger charge is -2.01. The lowest BCUT2D eigenvalue weighted by atomic mass is 10.4. The first-order chi connectivity index (χ1) is 6.27. The van der Waals surface area contributed by atoms with E-state index in [0.29, 0.717) is 18.8 Å². The molecule has 1 rings (SSSR count). The summed E-state index contributed by atoms with van der Waals surface area (Å²) in [4.78, 5) is 14.8. The molecule has 0 bridgehead atoms. The van der Waals surface area contributed by atoms with E-state index in [2.05, 4.69) is 4.98 Å². The number of rotatable bonds is 3. The van der Waals surface area contributed by atoms with E-state index in [1.54, 1.807) is 12.3 Å².